The van der Waals surface area contributed by atoms with Crippen LogP contribution in [0.25, 0.3) is 11.6 Å². The summed E-state index contributed by atoms with van der Waals surface area (Å²) in [5.41, 5.74) is 2.20. The predicted octanol–water partition coefficient (Wildman–Crippen LogP) is 8.30. The number of benzene rings is 2. The van der Waals surface area contributed by atoms with Crippen molar-refractivity contribution in [3.63, 3.8) is 0 Å². The van der Waals surface area contributed by atoms with E-state index in [0.29, 0.717) is 35.3 Å². The van der Waals surface area contributed by atoms with Crippen LogP contribution in [0.3, 0.4) is 0 Å². The fourth-order valence-corrected chi connectivity index (χ4v) is 3.65. The van der Waals surface area contributed by atoms with Crippen molar-refractivity contribution in [1.29, 1.82) is 5.26 Å². The monoisotopic (exact) mass is 489 g/mol. The summed E-state index contributed by atoms with van der Waals surface area (Å²) in [6.45, 7) is 5.27. The lowest BCUT2D eigenvalue weighted by Crippen LogP contribution is -2.02. The highest BCUT2D eigenvalue weighted by atomic mass is 79.9. The summed E-state index contributed by atoms with van der Waals surface area (Å²) in [5.74, 6) is 1.18. The maximum absolute atomic E-state index is 9.61. The zero-order chi connectivity index (χ0) is 21.8. The van der Waals surface area contributed by atoms with Gasteiger partial charge in [-0.1, -0.05) is 78.7 Å². The summed E-state index contributed by atoms with van der Waals surface area (Å²) >= 11 is 9.94. The van der Waals surface area contributed by atoms with E-state index in [9.17, 15) is 5.26 Å². The molecular weight excluding hydrogens is 462 g/mol. The van der Waals surface area contributed by atoms with Crippen LogP contribution in [-0.2, 0) is 0 Å². The number of allylic oxidation sites excluding steroid dienone is 1. The Kier molecular flexibility index (Phi) is 10.8. The van der Waals surface area contributed by atoms with Crippen molar-refractivity contribution >= 4 is 39.2 Å². The van der Waals surface area contributed by atoms with Gasteiger partial charge in [0.2, 0.25) is 0 Å². The number of halogens is 2. The molecule has 0 radical (unpaired) electrons. The van der Waals surface area contributed by atoms with Crippen LogP contribution in [0.2, 0.25) is 5.02 Å². The zero-order valence-corrected chi connectivity index (χ0v) is 20.1. The molecule has 0 atom stereocenters. The zero-order valence-electron chi connectivity index (χ0n) is 17.7. The summed E-state index contributed by atoms with van der Waals surface area (Å²) in [6, 6.07) is 13.6. The summed E-state index contributed by atoms with van der Waals surface area (Å²) in [7, 11) is 0. The van der Waals surface area contributed by atoms with Gasteiger partial charge in [0.15, 0.2) is 11.5 Å². The number of nitriles is 1. The van der Waals surface area contributed by atoms with Crippen LogP contribution in [0.15, 0.2) is 40.9 Å². The Balaban J connectivity index is 2.15. The van der Waals surface area contributed by atoms with Crippen molar-refractivity contribution in [3.8, 4) is 17.6 Å². The molecule has 5 heteroatoms. The molecule has 0 saturated carbocycles. The van der Waals surface area contributed by atoms with Gasteiger partial charge in [0.25, 0.3) is 0 Å². The van der Waals surface area contributed by atoms with Gasteiger partial charge in [0.1, 0.15) is 0 Å². The van der Waals surface area contributed by atoms with Gasteiger partial charge in [0, 0.05) is 4.47 Å². The Hall–Kier alpha value is -1.96. The lowest BCUT2D eigenvalue weighted by molar-refractivity contribution is 0.270. The first kappa shape index (κ1) is 24.3. The van der Waals surface area contributed by atoms with Crippen molar-refractivity contribution in [2.24, 2.45) is 0 Å². The molecule has 0 spiro atoms. The van der Waals surface area contributed by atoms with Gasteiger partial charge in [0.05, 0.1) is 29.9 Å². The van der Waals surface area contributed by atoms with Gasteiger partial charge in [-0.15, -0.1) is 0 Å². The Bertz CT molecular complexity index is 872. The molecule has 0 bridgehead atoms. The molecule has 160 valence electrons. The lowest BCUT2D eigenvalue weighted by atomic mass is 10.0. The van der Waals surface area contributed by atoms with Crippen molar-refractivity contribution in [2.45, 2.75) is 52.4 Å². The van der Waals surface area contributed by atoms with E-state index in [4.69, 9.17) is 21.1 Å². The first-order valence-corrected chi connectivity index (χ1v) is 11.7. The second kappa shape index (κ2) is 13.4. The molecule has 0 fully saturated rings. The highest BCUT2D eigenvalue weighted by Gasteiger charge is 2.13. The van der Waals surface area contributed by atoms with Crippen LogP contribution in [-0.4, -0.2) is 13.2 Å². The van der Waals surface area contributed by atoms with Gasteiger partial charge in [-0.05, 0) is 54.8 Å². The maximum Gasteiger partial charge on any atom is 0.179 e. The Morgan fingerprint density at radius 3 is 2.40 bits per heavy atom. The smallest absolute Gasteiger partial charge is 0.179 e. The highest BCUT2D eigenvalue weighted by molar-refractivity contribution is 9.10. The highest BCUT2D eigenvalue weighted by Crippen LogP contribution is 2.38. The van der Waals surface area contributed by atoms with E-state index in [2.05, 4.69) is 28.9 Å². The quantitative estimate of drug-likeness (QED) is 0.171. The number of hydrogen-bond acceptors (Lipinski definition) is 3. The van der Waals surface area contributed by atoms with Crippen molar-refractivity contribution in [1.82, 2.24) is 0 Å². The minimum atomic E-state index is 0.492. The Morgan fingerprint density at radius 1 is 1.03 bits per heavy atom. The number of ether oxygens (including phenoxy) is 2. The summed E-state index contributed by atoms with van der Waals surface area (Å²) in [6.07, 6.45) is 9.02. The van der Waals surface area contributed by atoms with E-state index in [1.54, 1.807) is 0 Å². The fraction of sp³-hybridized carbons (Fsp3) is 0.400. The summed E-state index contributed by atoms with van der Waals surface area (Å²) in [5, 5.41) is 10.1. The SMILES string of the molecule is CCCCCCCCOc1c(Cl)cc(C=C(C#N)c2ccc(Br)cc2)cc1OCC. The number of rotatable bonds is 12. The molecule has 2 aromatic carbocycles. The average Bonchev–Trinajstić information content (AvgIpc) is 2.74. The molecule has 30 heavy (non-hydrogen) atoms. The minimum Gasteiger partial charge on any atom is -0.490 e. The number of nitrogens with zero attached hydrogens (tertiary/aromatic N) is 1. The molecule has 0 amide bonds. The third-order valence-corrected chi connectivity index (χ3v) is 5.47. The first-order chi connectivity index (χ1) is 14.6. The molecular formula is C25H29BrClNO2. The molecule has 0 aromatic heterocycles. The minimum absolute atomic E-state index is 0.492. The fourth-order valence-electron chi connectivity index (χ4n) is 3.11. The van der Waals surface area contributed by atoms with Crippen LogP contribution < -0.4 is 9.47 Å². The molecule has 3 nitrogen and oxygen atoms in total. The van der Waals surface area contributed by atoms with Crippen LogP contribution in [0.4, 0.5) is 0 Å². The molecule has 0 heterocycles. The van der Waals surface area contributed by atoms with Gasteiger partial charge in [-0.3, -0.25) is 0 Å². The number of hydrogen-bond donors (Lipinski definition) is 0. The third kappa shape index (κ3) is 7.70. The second-order valence-electron chi connectivity index (χ2n) is 7.06. The molecule has 0 unspecified atom stereocenters. The molecule has 0 aliphatic heterocycles. The Morgan fingerprint density at radius 2 is 1.73 bits per heavy atom. The third-order valence-electron chi connectivity index (χ3n) is 4.66. The van der Waals surface area contributed by atoms with Gasteiger partial charge in [-0.25, -0.2) is 0 Å². The number of unbranched alkanes of at least 4 members (excludes halogenated alkanes) is 5. The lowest BCUT2D eigenvalue weighted by Gasteiger charge is -2.15. The first-order valence-electron chi connectivity index (χ1n) is 10.6. The van der Waals surface area contributed by atoms with Crippen molar-refractivity contribution in [2.75, 3.05) is 13.2 Å². The van der Waals surface area contributed by atoms with E-state index in [1.807, 2.05) is 49.4 Å². The van der Waals surface area contributed by atoms with Crippen LogP contribution >= 0.6 is 27.5 Å². The van der Waals surface area contributed by atoms with E-state index >= 15 is 0 Å². The average molecular weight is 491 g/mol. The van der Waals surface area contributed by atoms with Gasteiger partial charge < -0.3 is 9.47 Å². The Labute approximate surface area is 193 Å². The largest absolute Gasteiger partial charge is 0.490 e. The van der Waals surface area contributed by atoms with E-state index in [0.717, 1.165) is 28.4 Å². The van der Waals surface area contributed by atoms with E-state index in [-0.39, 0.29) is 0 Å². The second-order valence-corrected chi connectivity index (χ2v) is 8.38. The van der Waals surface area contributed by atoms with Crippen molar-refractivity contribution < 1.29 is 9.47 Å². The van der Waals surface area contributed by atoms with Gasteiger partial charge >= 0.3 is 0 Å². The molecule has 2 aromatic rings. The maximum atomic E-state index is 9.61. The summed E-state index contributed by atoms with van der Waals surface area (Å²) in [4.78, 5) is 0. The molecule has 0 aliphatic carbocycles. The predicted molar refractivity (Wildman–Crippen MR) is 129 cm³/mol. The normalized spacial score (nSPS) is 11.2. The molecule has 0 N–H and O–H groups in total. The van der Waals surface area contributed by atoms with Crippen LogP contribution in [0.1, 0.15) is 63.5 Å². The van der Waals surface area contributed by atoms with Crippen LogP contribution in [0.5, 0.6) is 11.5 Å². The van der Waals surface area contributed by atoms with Gasteiger partial charge in [-0.2, -0.15) is 5.26 Å². The standard InChI is InChI=1S/C25H29BrClNO2/c1-3-5-6-7-8-9-14-30-25-23(27)16-19(17-24(25)29-4-2)15-21(18-28)20-10-12-22(26)13-11-20/h10-13,15-17H,3-9,14H2,1-2H3. The van der Waals surface area contributed by atoms with Crippen LogP contribution in [0, 0.1) is 11.3 Å². The molecule has 0 saturated heterocycles. The summed E-state index contributed by atoms with van der Waals surface area (Å²) < 4.78 is 12.7. The molecule has 2 rings (SSSR count). The van der Waals surface area contributed by atoms with E-state index < -0.39 is 0 Å². The molecule has 0 aliphatic rings. The topological polar surface area (TPSA) is 42.2 Å². The van der Waals surface area contributed by atoms with E-state index in [1.165, 1.54) is 25.7 Å². The van der Waals surface area contributed by atoms with Crippen molar-refractivity contribution in [3.05, 3.63) is 57.0 Å².